The fourth-order valence-corrected chi connectivity index (χ4v) is 3.94. The van der Waals surface area contributed by atoms with E-state index < -0.39 is 0 Å². The van der Waals surface area contributed by atoms with Crippen molar-refractivity contribution in [1.82, 2.24) is 0 Å². The monoisotopic (exact) mass is 461 g/mol. The molecule has 0 aliphatic rings. The zero-order valence-electron chi connectivity index (χ0n) is 18.9. The van der Waals surface area contributed by atoms with Crippen molar-refractivity contribution in [2.75, 3.05) is 19.5 Å². The number of rotatable bonds is 6. The van der Waals surface area contributed by atoms with Crippen molar-refractivity contribution < 1.29 is 18.7 Å². The average Bonchev–Trinajstić information content (AvgIpc) is 3.21. The number of amides is 1. The fourth-order valence-electron chi connectivity index (χ4n) is 3.69. The molecule has 0 fully saturated rings. The zero-order valence-corrected chi connectivity index (χ0v) is 19.6. The van der Waals surface area contributed by atoms with Crippen LogP contribution in [0.1, 0.15) is 18.1 Å². The lowest BCUT2D eigenvalue weighted by Gasteiger charge is -2.11. The van der Waals surface area contributed by atoms with E-state index in [1.165, 1.54) is 11.6 Å². The van der Waals surface area contributed by atoms with Gasteiger partial charge in [-0.05, 0) is 49.2 Å². The van der Waals surface area contributed by atoms with Gasteiger partial charge in [0, 0.05) is 34.3 Å². The molecule has 1 N–H and O–H groups in total. The van der Waals surface area contributed by atoms with Crippen LogP contribution >= 0.6 is 11.6 Å². The third kappa shape index (κ3) is 4.73. The van der Waals surface area contributed by atoms with E-state index in [2.05, 4.69) is 36.5 Å². The summed E-state index contributed by atoms with van der Waals surface area (Å²) in [4.78, 5) is 12.7. The number of allylic oxidation sites excluding steroid dienone is 1. The number of methoxy groups -OCH3 is 2. The summed E-state index contributed by atoms with van der Waals surface area (Å²) in [6.45, 7) is 3.93. The molecule has 1 aromatic heterocycles. The van der Waals surface area contributed by atoms with E-state index in [4.69, 9.17) is 25.5 Å². The minimum absolute atomic E-state index is 0.276. The molecule has 0 unspecified atom stereocenters. The van der Waals surface area contributed by atoms with Gasteiger partial charge in [0.05, 0.1) is 25.5 Å². The molecular weight excluding hydrogens is 438 g/mol. The van der Waals surface area contributed by atoms with Crippen molar-refractivity contribution in [2.24, 2.45) is 0 Å². The number of furan rings is 1. The largest absolute Gasteiger partial charge is 0.496 e. The van der Waals surface area contributed by atoms with E-state index in [9.17, 15) is 4.79 Å². The van der Waals surface area contributed by atoms with Crippen LogP contribution < -0.4 is 14.8 Å². The summed E-state index contributed by atoms with van der Waals surface area (Å²) in [5, 5.41) is 4.20. The van der Waals surface area contributed by atoms with Crippen molar-refractivity contribution in [3.8, 4) is 22.6 Å². The topological polar surface area (TPSA) is 60.7 Å². The van der Waals surface area contributed by atoms with Crippen LogP contribution in [0.15, 0.2) is 71.4 Å². The summed E-state index contributed by atoms with van der Waals surface area (Å²) >= 11 is 6.16. The molecule has 0 atom stereocenters. The Morgan fingerprint density at radius 2 is 1.73 bits per heavy atom. The second-order valence-corrected chi connectivity index (χ2v) is 8.14. The van der Waals surface area contributed by atoms with Gasteiger partial charge in [0.2, 0.25) is 5.91 Å². The van der Waals surface area contributed by atoms with E-state index in [1.807, 2.05) is 19.1 Å². The summed E-state index contributed by atoms with van der Waals surface area (Å²) < 4.78 is 16.5. The maximum Gasteiger partial charge on any atom is 0.248 e. The highest BCUT2D eigenvalue weighted by Crippen LogP contribution is 2.37. The molecule has 6 heteroatoms. The number of halogens is 1. The van der Waals surface area contributed by atoms with E-state index in [0.29, 0.717) is 22.2 Å². The van der Waals surface area contributed by atoms with Crippen molar-refractivity contribution in [2.45, 2.75) is 13.8 Å². The number of benzene rings is 3. The predicted molar refractivity (Wildman–Crippen MR) is 133 cm³/mol. The molecule has 0 bridgehead atoms. The first-order valence-electron chi connectivity index (χ1n) is 10.4. The maximum absolute atomic E-state index is 12.7. The van der Waals surface area contributed by atoms with Crippen LogP contribution in [-0.2, 0) is 4.79 Å². The van der Waals surface area contributed by atoms with Gasteiger partial charge >= 0.3 is 0 Å². The summed E-state index contributed by atoms with van der Waals surface area (Å²) in [5.74, 6) is 0.895. The number of aryl methyl sites for hydroxylation is 1. The van der Waals surface area contributed by atoms with Gasteiger partial charge in [-0.15, -0.1) is 0 Å². The fraction of sp³-hybridized carbons (Fsp3) is 0.148. The van der Waals surface area contributed by atoms with Crippen molar-refractivity contribution in [3.63, 3.8) is 0 Å². The number of hydrogen-bond donors (Lipinski definition) is 1. The first-order valence-corrected chi connectivity index (χ1v) is 10.8. The molecule has 168 valence electrons. The molecule has 3 aromatic carbocycles. The molecule has 0 radical (unpaired) electrons. The first-order chi connectivity index (χ1) is 15.9. The third-order valence-corrected chi connectivity index (χ3v) is 5.75. The molecule has 1 amide bonds. The van der Waals surface area contributed by atoms with Crippen LogP contribution in [-0.4, -0.2) is 20.1 Å². The van der Waals surface area contributed by atoms with Crippen LogP contribution in [0, 0.1) is 6.92 Å². The lowest BCUT2D eigenvalue weighted by molar-refractivity contribution is -0.111. The van der Waals surface area contributed by atoms with Gasteiger partial charge in [0.1, 0.15) is 17.1 Å². The van der Waals surface area contributed by atoms with Crippen molar-refractivity contribution in [3.05, 3.63) is 83.1 Å². The van der Waals surface area contributed by atoms with Gasteiger partial charge < -0.3 is 19.2 Å². The molecule has 33 heavy (non-hydrogen) atoms. The summed E-state index contributed by atoms with van der Waals surface area (Å²) in [7, 11) is 3.14. The average molecular weight is 462 g/mol. The molecule has 4 rings (SSSR count). The van der Waals surface area contributed by atoms with Crippen molar-refractivity contribution in [1.29, 1.82) is 0 Å². The number of carbonyl (C=O) groups is 1. The zero-order chi connectivity index (χ0) is 23.5. The molecule has 0 saturated heterocycles. The third-order valence-electron chi connectivity index (χ3n) is 5.45. The number of nitrogens with one attached hydrogen (secondary N) is 1. The molecular formula is C27H24ClNO4. The molecule has 1 heterocycles. The lowest BCUT2D eigenvalue weighted by atomic mass is 9.99. The number of anilines is 1. The molecule has 4 aromatic rings. The quantitative estimate of drug-likeness (QED) is 0.310. The smallest absolute Gasteiger partial charge is 0.248 e. The number of hydrogen-bond acceptors (Lipinski definition) is 4. The van der Waals surface area contributed by atoms with Gasteiger partial charge in [-0.25, -0.2) is 0 Å². The van der Waals surface area contributed by atoms with Gasteiger partial charge in [0.25, 0.3) is 0 Å². The normalized spacial score (nSPS) is 11.5. The van der Waals surface area contributed by atoms with E-state index in [1.54, 1.807) is 38.7 Å². The Hall–Kier alpha value is -3.70. The van der Waals surface area contributed by atoms with Gasteiger partial charge in [0.15, 0.2) is 0 Å². The van der Waals surface area contributed by atoms with E-state index >= 15 is 0 Å². The SMILES string of the molecule is COc1ccc(NC(=O)/C=C(\C)c2cc3c(-c4ccc(C)cc4)coc3cc2OC)cc1Cl. The molecule has 0 spiro atoms. The molecule has 0 saturated carbocycles. The predicted octanol–water partition coefficient (Wildman–Crippen LogP) is 7.12. The number of carbonyl (C=O) groups excluding carboxylic acids is 1. The Morgan fingerprint density at radius 1 is 1.00 bits per heavy atom. The van der Waals surface area contributed by atoms with Crippen LogP contribution in [0.25, 0.3) is 27.7 Å². The second-order valence-electron chi connectivity index (χ2n) is 7.73. The van der Waals surface area contributed by atoms with Crippen LogP contribution in [0.4, 0.5) is 5.69 Å². The standard InChI is InChI=1S/C27H24ClNO4/c1-16-5-7-18(8-6-16)22-15-33-26-14-25(32-4)20(13-21(22)26)17(2)11-27(30)29-19-9-10-24(31-3)23(28)12-19/h5-15H,1-4H3,(H,29,30)/b17-11+. The highest BCUT2D eigenvalue weighted by Gasteiger charge is 2.15. The van der Waals surface area contributed by atoms with E-state index in [-0.39, 0.29) is 5.91 Å². The summed E-state index contributed by atoms with van der Waals surface area (Å²) in [5.41, 5.74) is 6.09. The second kappa shape index (κ2) is 9.43. The molecule has 0 aliphatic heterocycles. The molecule has 5 nitrogen and oxygen atoms in total. The Bertz CT molecular complexity index is 1350. The number of ether oxygens (including phenoxy) is 2. The lowest BCUT2D eigenvalue weighted by Crippen LogP contribution is -2.08. The Kier molecular flexibility index (Phi) is 6.43. The summed E-state index contributed by atoms with van der Waals surface area (Å²) in [6, 6.07) is 17.2. The van der Waals surface area contributed by atoms with E-state index in [0.717, 1.165) is 33.2 Å². The molecule has 0 aliphatic carbocycles. The minimum Gasteiger partial charge on any atom is -0.496 e. The Morgan fingerprint density at radius 3 is 2.39 bits per heavy atom. The summed E-state index contributed by atoms with van der Waals surface area (Å²) in [6.07, 6.45) is 3.28. The van der Waals surface area contributed by atoms with Gasteiger partial charge in [-0.3, -0.25) is 4.79 Å². The number of fused-ring (bicyclic) bond motifs is 1. The Balaban J connectivity index is 1.67. The Labute approximate surface area is 197 Å². The highest BCUT2D eigenvalue weighted by molar-refractivity contribution is 6.32. The van der Waals surface area contributed by atoms with Crippen LogP contribution in [0.2, 0.25) is 5.02 Å². The minimum atomic E-state index is -0.276. The maximum atomic E-state index is 12.7. The van der Waals surface area contributed by atoms with Crippen LogP contribution in [0.5, 0.6) is 11.5 Å². The van der Waals surface area contributed by atoms with Gasteiger partial charge in [-0.1, -0.05) is 41.4 Å². The highest BCUT2D eigenvalue weighted by atomic mass is 35.5. The van der Waals surface area contributed by atoms with Gasteiger partial charge in [-0.2, -0.15) is 0 Å². The first kappa shape index (κ1) is 22.5. The van der Waals surface area contributed by atoms with Crippen LogP contribution in [0.3, 0.4) is 0 Å². The van der Waals surface area contributed by atoms with Crippen molar-refractivity contribution >= 4 is 39.7 Å².